The monoisotopic (exact) mass is 1160 g/mol. The summed E-state index contributed by atoms with van der Waals surface area (Å²) in [6, 6.07) is 96.8. The molecule has 0 saturated carbocycles. The highest BCUT2D eigenvalue weighted by Crippen LogP contribution is 2.36. The predicted molar refractivity (Wildman–Crippen MR) is 356 cm³/mol. The molecular formula is C75H75O6P3. The van der Waals surface area contributed by atoms with Crippen molar-refractivity contribution >= 4 is 71.5 Å². The normalized spacial score (nSPS) is 11.2. The first-order valence-electron chi connectivity index (χ1n) is 29.6. The van der Waals surface area contributed by atoms with Gasteiger partial charge in [-0.15, -0.1) is 0 Å². The zero-order chi connectivity index (χ0) is 57.1. The Balaban J connectivity index is 0.670. The maximum Gasteiger partial charge on any atom is 0.126 e. The fraction of sp³-hybridized carbons (Fsp3) is 0.200. The van der Waals surface area contributed by atoms with Crippen LogP contribution in [0.15, 0.2) is 273 Å². The van der Waals surface area contributed by atoms with Gasteiger partial charge in [0.05, 0.1) is 39.6 Å². The van der Waals surface area contributed by atoms with Gasteiger partial charge in [0.2, 0.25) is 0 Å². The molecule has 0 saturated heterocycles. The van der Waals surface area contributed by atoms with Crippen LogP contribution in [0.25, 0.3) is 0 Å². The fourth-order valence-electron chi connectivity index (χ4n) is 9.96. The minimum absolute atomic E-state index is 0.592. The summed E-state index contributed by atoms with van der Waals surface area (Å²) in [7, 11) is -1.95. The lowest BCUT2D eigenvalue weighted by atomic mass is 10.2. The van der Waals surface area contributed by atoms with E-state index in [1.54, 1.807) is 0 Å². The molecule has 0 aromatic heterocycles. The summed E-state index contributed by atoms with van der Waals surface area (Å²) < 4.78 is 37.8. The molecule has 10 aromatic carbocycles. The minimum Gasteiger partial charge on any atom is -0.494 e. The highest BCUT2D eigenvalue weighted by Gasteiger charge is 2.19. The van der Waals surface area contributed by atoms with Gasteiger partial charge < -0.3 is 28.4 Å². The quantitative estimate of drug-likeness (QED) is 0.0302. The lowest BCUT2D eigenvalue weighted by Crippen LogP contribution is -2.20. The van der Waals surface area contributed by atoms with Gasteiger partial charge in [0.15, 0.2) is 0 Å². The summed E-state index contributed by atoms with van der Waals surface area (Å²) in [5.41, 5.74) is 0. The van der Waals surface area contributed by atoms with Crippen LogP contribution >= 0.6 is 23.8 Å². The van der Waals surface area contributed by atoms with E-state index in [4.69, 9.17) is 28.4 Å². The Morgan fingerprint density at radius 1 is 0.167 bits per heavy atom. The molecule has 84 heavy (non-hydrogen) atoms. The van der Waals surface area contributed by atoms with E-state index in [1.165, 1.54) is 47.7 Å². The van der Waals surface area contributed by atoms with Crippen LogP contribution in [0.1, 0.15) is 57.8 Å². The summed E-state index contributed by atoms with van der Waals surface area (Å²) in [6.45, 7) is 3.74. The van der Waals surface area contributed by atoms with E-state index in [0.29, 0.717) is 39.6 Å². The molecule has 9 heteroatoms. The lowest BCUT2D eigenvalue weighted by molar-refractivity contribution is 0.263. The van der Waals surface area contributed by atoms with E-state index in [2.05, 4.69) is 255 Å². The molecule has 0 aliphatic rings. The van der Waals surface area contributed by atoms with Crippen molar-refractivity contribution < 1.29 is 28.4 Å². The van der Waals surface area contributed by atoms with Gasteiger partial charge in [0.25, 0.3) is 0 Å². The van der Waals surface area contributed by atoms with Gasteiger partial charge in [-0.05, 0) is 166 Å². The summed E-state index contributed by atoms with van der Waals surface area (Å²) in [5.74, 6) is 4.95. The van der Waals surface area contributed by atoms with Gasteiger partial charge in [-0.1, -0.05) is 218 Å². The maximum absolute atomic E-state index is 6.36. The first kappa shape index (κ1) is 59.4. The zero-order valence-corrected chi connectivity index (χ0v) is 50.6. The molecule has 0 amide bonds. The first-order valence-corrected chi connectivity index (χ1v) is 33.7. The molecule has 10 rings (SSSR count). The maximum atomic E-state index is 6.36. The van der Waals surface area contributed by atoms with Crippen LogP contribution in [-0.4, -0.2) is 39.6 Å². The topological polar surface area (TPSA) is 55.4 Å². The smallest absolute Gasteiger partial charge is 0.126 e. The van der Waals surface area contributed by atoms with Crippen LogP contribution < -0.4 is 76.2 Å². The van der Waals surface area contributed by atoms with Crippen molar-refractivity contribution in [1.29, 1.82) is 0 Å². The van der Waals surface area contributed by atoms with Gasteiger partial charge >= 0.3 is 0 Å². The van der Waals surface area contributed by atoms with Crippen molar-refractivity contribution in [2.45, 2.75) is 57.8 Å². The third kappa shape index (κ3) is 18.1. The van der Waals surface area contributed by atoms with Crippen LogP contribution in [0.2, 0.25) is 0 Å². The third-order valence-electron chi connectivity index (χ3n) is 14.2. The SMILES string of the molecule is c1ccc(P(c2ccccc2)c2ccc(OCCCCCOc3cc(OCCCCCOc4ccc(P(c5ccccc5)c5ccccc5)cc4)cc(OCCCCCOc4ccc(P(c5ccccc5)c5ccccc5)cc4)c3)cc2)cc1. The molecule has 426 valence electrons. The van der Waals surface area contributed by atoms with E-state index < -0.39 is 23.8 Å². The number of hydrogen-bond donors (Lipinski definition) is 0. The lowest BCUT2D eigenvalue weighted by Gasteiger charge is -2.19. The van der Waals surface area contributed by atoms with E-state index in [1.807, 2.05) is 18.2 Å². The number of ether oxygens (including phenoxy) is 6. The Hall–Kier alpha value is -7.71. The van der Waals surface area contributed by atoms with Gasteiger partial charge in [0, 0.05) is 18.2 Å². The molecule has 0 bridgehead atoms. The minimum atomic E-state index is -0.648. The molecule has 6 nitrogen and oxygen atoms in total. The largest absolute Gasteiger partial charge is 0.494 e. The van der Waals surface area contributed by atoms with Crippen molar-refractivity contribution in [2.75, 3.05) is 39.6 Å². The second-order valence-electron chi connectivity index (χ2n) is 20.4. The second-order valence-corrected chi connectivity index (χ2v) is 27.1. The van der Waals surface area contributed by atoms with E-state index in [0.717, 1.165) is 92.3 Å². The Labute approximate surface area is 502 Å². The molecule has 0 N–H and O–H groups in total. The van der Waals surface area contributed by atoms with Crippen molar-refractivity contribution in [3.8, 4) is 34.5 Å². The molecule has 0 aliphatic carbocycles. The van der Waals surface area contributed by atoms with Gasteiger partial charge in [0.1, 0.15) is 34.5 Å². The van der Waals surface area contributed by atoms with Crippen molar-refractivity contribution in [3.63, 3.8) is 0 Å². The Morgan fingerprint density at radius 3 is 0.524 bits per heavy atom. The molecule has 0 unspecified atom stereocenters. The van der Waals surface area contributed by atoms with Crippen LogP contribution in [0.4, 0.5) is 0 Å². The summed E-state index contributed by atoms with van der Waals surface area (Å²) in [5, 5.41) is 12.0. The van der Waals surface area contributed by atoms with Crippen molar-refractivity contribution in [3.05, 3.63) is 273 Å². The second kappa shape index (κ2) is 33.0. The van der Waals surface area contributed by atoms with Crippen LogP contribution in [-0.2, 0) is 0 Å². The molecule has 0 fully saturated rings. The molecule has 0 heterocycles. The van der Waals surface area contributed by atoms with Gasteiger partial charge in [-0.2, -0.15) is 0 Å². The van der Waals surface area contributed by atoms with Crippen molar-refractivity contribution in [1.82, 2.24) is 0 Å². The zero-order valence-electron chi connectivity index (χ0n) is 47.9. The van der Waals surface area contributed by atoms with Gasteiger partial charge in [-0.25, -0.2) is 0 Å². The highest BCUT2D eigenvalue weighted by atomic mass is 31.1. The Kier molecular flexibility index (Phi) is 23.3. The van der Waals surface area contributed by atoms with Crippen LogP contribution in [0, 0.1) is 0 Å². The Bertz CT molecular complexity index is 2920. The standard InChI is InChI=1S/C75H75O6P3/c1-10-28-67(29-11-1)82(68-30-12-2-13-31-68)73-46-40-61(41-47-73)76-52-22-7-25-55-79-64-58-65(80-56-26-8-23-53-77-62-42-48-74(49-43-62)83(69-32-14-3-15-33-69)70-34-16-4-17-35-70)60-66(59-64)81-57-27-9-24-54-78-63-44-50-75(51-45-63)84(71-36-18-5-19-37-71)72-38-20-6-21-39-72/h1-6,10-21,28-51,58-60H,7-9,22-27,52-57H2. The summed E-state index contributed by atoms with van der Waals surface area (Å²) in [4.78, 5) is 0. The summed E-state index contributed by atoms with van der Waals surface area (Å²) in [6.07, 6.45) is 8.50. The van der Waals surface area contributed by atoms with E-state index in [-0.39, 0.29) is 0 Å². The number of unbranched alkanes of at least 4 members (excludes halogenated alkanes) is 6. The number of hydrogen-bond acceptors (Lipinski definition) is 6. The molecule has 0 radical (unpaired) electrons. The van der Waals surface area contributed by atoms with E-state index >= 15 is 0 Å². The molecule has 0 aliphatic heterocycles. The van der Waals surface area contributed by atoms with Crippen LogP contribution in [0.5, 0.6) is 34.5 Å². The molecule has 0 atom stereocenters. The molecule has 10 aromatic rings. The molecular weight excluding hydrogens is 1090 g/mol. The number of rotatable bonds is 33. The Morgan fingerprint density at radius 2 is 0.333 bits per heavy atom. The average Bonchev–Trinajstić information content (AvgIpc) is 3.73. The first-order chi connectivity index (χ1) is 41.7. The highest BCUT2D eigenvalue weighted by molar-refractivity contribution is 7.80. The molecule has 0 spiro atoms. The average molecular weight is 1170 g/mol. The third-order valence-corrected chi connectivity index (χ3v) is 21.5. The van der Waals surface area contributed by atoms with Crippen LogP contribution in [0.3, 0.4) is 0 Å². The number of benzene rings is 10. The van der Waals surface area contributed by atoms with E-state index in [9.17, 15) is 0 Å². The van der Waals surface area contributed by atoms with Crippen molar-refractivity contribution in [2.24, 2.45) is 0 Å². The fourth-order valence-corrected chi connectivity index (χ4v) is 16.8. The summed E-state index contributed by atoms with van der Waals surface area (Å²) >= 11 is 0. The predicted octanol–water partition coefficient (Wildman–Crippen LogP) is 14.8. The van der Waals surface area contributed by atoms with Gasteiger partial charge in [-0.3, -0.25) is 0 Å².